The first-order valence-electron chi connectivity index (χ1n) is 5.98. The number of rotatable bonds is 1. The second-order valence-electron chi connectivity index (χ2n) is 4.76. The maximum absolute atomic E-state index is 12.3. The molecule has 0 bridgehead atoms. The number of nitrogens with one attached hydrogen (secondary N) is 2. The van der Waals surface area contributed by atoms with Gasteiger partial charge in [-0.15, -0.1) is 0 Å². The molecule has 0 amide bonds. The van der Waals surface area contributed by atoms with Crippen LogP contribution in [0.5, 0.6) is 0 Å². The van der Waals surface area contributed by atoms with E-state index >= 15 is 0 Å². The van der Waals surface area contributed by atoms with E-state index < -0.39 is 5.56 Å². The first-order valence-corrected chi connectivity index (χ1v) is 5.98. The van der Waals surface area contributed by atoms with Gasteiger partial charge in [-0.2, -0.15) is 15.4 Å². The summed E-state index contributed by atoms with van der Waals surface area (Å²) in [5.41, 5.74) is 0.951. The Hall–Kier alpha value is -2.50. The van der Waals surface area contributed by atoms with Crippen LogP contribution in [0.3, 0.4) is 0 Å². The highest BCUT2D eigenvalue weighted by Crippen LogP contribution is 2.17. The minimum absolute atomic E-state index is 0.0345. The predicted octanol–water partition coefficient (Wildman–Crippen LogP) is 1.28. The van der Waals surface area contributed by atoms with Gasteiger partial charge in [-0.3, -0.25) is 9.59 Å². The Morgan fingerprint density at radius 1 is 1.11 bits per heavy atom. The standard InChI is InChI=1S/C13H12N4O2/c1-6(2)7-3-4-8-9(5-7)14-13(19)11-10(12(8)18)15-17-16-11/h3-6H,1-2H3,(H,14,19)(H,15,16,17). The summed E-state index contributed by atoms with van der Waals surface area (Å²) in [6.45, 7) is 4.10. The van der Waals surface area contributed by atoms with E-state index in [0.29, 0.717) is 16.8 Å². The number of hydrogen-bond donors (Lipinski definition) is 2. The molecule has 0 fully saturated rings. The summed E-state index contributed by atoms with van der Waals surface area (Å²) in [6, 6.07) is 5.43. The maximum atomic E-state index is 12.3. The van der Waals surface area contributed by atoms with Crippen LogP contribution in [0.15, 0.2) is 27.8 Å². The second-order valence-corrected chi connectivity index (χ2v) is 4.76. The number of H-pyrrole nitrogens is 2. The summed E-state index contributed by atoms with van der Waals surface area (Å²) in [5, 5.41) is 10.2. The number of aromatic nitrogens is 4. The largest absolute Gasteiger partial charge is 0.320 e. The lowest BCUT2D eigenvalue weighted by Crippen LogP contribution is -2.03. The van der Waals surface area contributed by atoms with Crippen molar-refractivity contribution in [2.24, 2.45) is 0 Å². The quantitative estimate of drug-likeness (QED) is 0.686. The third kappa shape index (κ3) is 1.72. The molecule has 1 aromatic carbocycles. The third-order valence-electron chi connectivity index (χ3n) is 3.18. The Bertz CT molecular complexity index is 892. The molecule has 2 N–H and O–H groups in total. The zero-order valence-corrected chi connectivity index (χ0v) is 10.5. The summed E-state index contributed by atoms with van der Waals surface area (Å²) < 4.78 is 0. The van der Waals surface area contributed by atoms with Gasteiger partial charge in [0.25, 0.3) is 5.56 Å². The number of aromatic amines is 2. The first-order chi connectivity index (χ1) is 9.08. The fraction of sp³-hybridized carbons (Fsp3) is 0.231. The van der Waals surface area contributed by atoms with Crippen LogP contribution in [0.2, 0.25) is 0 Å². The van der Waals surface area contributed by atoms with E-state index in [-0.39, 0.29) is 16.5 Å². The molecule has 6 heteroatoms. The Balaban J connectivity index is 2.56. The van der Waals surface area contributed by atoms with Crippen LogP contribution < -0.4 is 11.0 Å². The summed E-state index contributed by atoms with van der Waals surface area (Å²) in [6.07, 6.45) is 0. The molecule has 0 saturated heterocycles. The van der Waals surface area contributed by atoms with Crippen LogP contribution in [-0.2, 0) is 0 Å². The lowest BCUT2D eigenvalue weighted by atomic mass is 10.0. The molecule has 0 aliphatic heterocycles. The average Bonchev–Trinajstić information content (AvgIpc) is 2.83. The van der Waals surface area contributed by atoms with E-state index in [9.17, 15) is 9.59 Å². The van der Waals surface area contributed by atoms with Crippen molar-refractivity contribution in [2.75, 3.05) is 0 Å². The van der Waals surface area contributed by atoms with Crippen molar-refractivity contribution < 1.29 is 0 Å². The SMILES string of the molecule is CC(C)c1ccc2c(=O)c3n[nH]nc3c(=O)[nH]c2c1. The van der Waals surface area contributed by atoms with E-state index in [1.807, 2.05) is 12.1 Å². The van der Waals surface area contributed by atoms with Gasteiger partial charge in [0.2, 0.25) is 5.43 Å². The topological polar surface area (TPSA) is 91.5 Å². The zero-order valence-electron chi connectivity index (χ0n) is 10.5. The van der Waals surface area contributed by atoms with Gasteiger partial charge in [-0.1, -0.05) is 19.9 Å². The average molecular weight is 256 g/mol. The molecule has 0 aliphatic carbocycles. The molecule has 0 spiro atoms. The molecule has 96 valence electrons. The van der Waals surface area contributed by atoms with Crippen molar-refractivity contribution in [3.8, 4) is 0 Å². The summed E-state index contributed by atoms with van der Waals surface area (Å²) >= 11 is 0. The second kappa shape index (κ2) is 4.01. The van der Waals surface area contributed by atoms with E-state index in [1.165, 1.54) is 0 Å². The molecule has 3 rings (SSSR count). The molecule has 0 aliphatic rings. The van der Waals surface area contributed by atoms with Crippen molar-refractivity contribution in [1.82, 2.24) is 20.4 Å². The van der Waals surface area contributed by atoms with E-state index in [2.05, 4.69) is 34.2 Å². The molecular weight excluding hydrogens is 244 g/mol. The fourth-order valence-corrected chi connectivity index (χ4v) is 2.08. The van der Waals surface area contributed by atoms with Gasteiger partial charge in [-0.25, -0.2) is 0 Å². The minimum Gasteiger partial charge on any atom is -0.320 e. The summed E-state index contributed by atoms with van der Waals surface area (Å²) in [4.78, 5) is 27.0. The Kier molecular flexibility index (Phi) is 2.45. The van der Waals surface area contributed by atoms with Crippen molar-refractivity contribution in [2.45, 2.75) is 19.8 Å². The molecule has 2 aromatic heterocycles. The normalized spacial score (nSPS) is 11.5. The highest BCUT2D eigenvalue weighted by Gasteiger charge is 2.10. The Morgan fingerprint density at radius 3 is 2.58 bits per heavy atom. The summed E-state index contributed by atoms with van der Waals surface area (Å²) in [7, 11) is 0. The fourth-order valence-electron chi connectivity index (χ4n) is 2.08. The highest BCUT2D eigenvalue weighted by atomic mass is 16.1. The molecule has 3 aromatic rings. The van der Waals surface area contributed by atoms with Gasteiger partial charge >= 0.3 is 0 Å². The van der Waals surface area contributed by atoms with Crippen LogP contribution in [0, 0.1) is 0 Å². The van der Waals surface area contributed by atoms with E-state index in [1.54, 1.807) is 6.07 Å². The van der Waals surface area contributed by atoms with Crippen LogP contribution >= 0.6 is 0 Å². The lowest BCUT2D eigenvalue weighted by molar-refractivity contribution is 0.868. The first kappa shape index (κ1) is 11.6. The van der Waals surface area contributed by atoms with Crippen LogP contribution in [-0.4, -0.2) is 20.4 Å². The molecule has 0 unspecified atom stereocenters. The van der Waals surface area contributed by atoms with Crippen molar-refractivity contribution in [3.05, 3.63) is 44.3 Å². The molecule has 19 heavy (non-hydrogen) atoms. The van der Waals surface area contributed by atoms with Gasteiger partial charge in [-0.05, 0) is 23.6 Å². The number of fused-ring (bicyclic) bond motifs is 2. The third-order valence-corrected chi connectivity index (χ3v) is 3.18. The maximum Gasteiger partial charge on any atom is 0.278 e. The van der Waals surface area contributed by atoms with Gasteiger partial charge < -0.3 is 4.98 Å². The van der Waals surface area contributed by atoms with Gasteiger partial charge in [0.05, 0.1) is 5.52 Å². The Morgan fingerprint density at radius 2 is 1.84 bits per heavy atom. The van der Waals surface area contributed by atoms with Crippen LogP contribution in [0.1, 0.15) is 25.3 Å². The van der Waals surface area contributed by atoms with E-state index in [4.69, 9.17) is 0 Å². The number of nitrogens with zero attached hydrogens (tertiary/aromatic N) is 2. The molecular formula is C13H12N4O2. The number of benzene rings is 1. The molecule has 6 nitrogen and oxygen atoms in total. The predicted molar refractivity (Wildman–Crippen MR) is 72.4 cm³/mol. The van der Waals surface area contributed by atoms with Crippen molar-refractivity contribution >= 4 is 21.9 Å². The van der Waals surface area contributed by atoms with Gasteiger partial charge in [0.15, 0.2) is 11.0 Å². The Labute approximate surface area is 107 Å². The number of hydrogen-bond acceptors (Lipinski definition) is 4. The smallest absolute Gasteiger partial charge is 0.278 e. The van der Waals surface area contributed by atoms with E-state index in [0.717, 1.165) is 5.56 Å². The summed E-state index contributed by atoms with van der Waals surface area (Å²) in [5.74, 6) is 0.316. The van der Waals surface area contributed by atoms with Crippen molar-refractivity contribution in [3.63, 3.8) is 0 Å². The van der Waals surface area contributed by atoms with Gasteiger partial charge in [0, 0.05) is 5.39 Å². The molecule has 0 saturated carbocycles. The minimum atomic E-state index is -0.420. The monoisotopic (exact) mass is 256 g/mol. The lowest BCUT2D eigenvalue weighted by Gasteiger charge is -2.04. The molecule has 0 atom stereocenters. The zero-order chi connectivity index (χ0) is 13.6. The van der Waals surface area contributed by atoms with Crippen LogP contribution in [0.25, 0.3) is 21.9 Å². The van der Waals surface area contributed by atoms with Gasteiger partial charge in [0.1, 0.15) is 0 Å². The van der Waals surface area contributed by atoms with Crippen molar-refractivity contribution in [1.29, 1.82) is 0 Å². The van der Waals surface area contributed by atoms with Crippen LogP contribution in [0.4, 0.5) is 0 Å². The molecule has 0 radical (unpaired) electrons. The highest BCUT2D eigenvalue weighted by molar-refractivity contribution is 5.86. The molecule has 2 heterocycles.